The Morgan fingerprint density at radius 2 is 2.20 bits per heavy atom. The highest BCUT2D eigenvalue weighted by Gasteiger charge is 2.29. The number of hydrogen-bond donors (Lipinski definition) is 2. The van der Waals surface area contributed by atoms with Crippen molar-refractivity contribution in [2.75, 3.05) is 19.6 Å². The van der Waals surface area contributed by atoms with Crippen LogP contribution in [-0.4, -0.2) is 51.5 Å². The molecule has 1 unspecified atom stereocenters. The minimum Gasteiger partial charge on any atom is -0.355 e. The minimum absolute atomic E-state index is 0.0598. The summed E-state index contributed by atoms with van der Waals surface area (Å²) in [5, 5.41) is 10.2. The van der Waals surface area contributed by atoms with Gasteiger partial charge in [0.15, 0.2) is 0 Å². The molecule has 30 heavy (non-hydrogen) atoms. The molecular weight excluding hydrogens is 378 g/mol. The summed E-state index contributed by atoms with van der Waals surface area (Å²) in [7, 11) is 0. The van der Waals surface area contributed by atoms with Crippen LogP contribution in [0.5, 0.6) is 0 Å². The summed E-state index contributed by atoms with van der Waals surface area (Å²) in [6.45, 7) is 1.80. The summed E-state index contributed by atoms with van der Waals surface area (Å²) in [5.74, 6) is -0.198. The fourth-order valence-corrected chi connectivity index (χ4v) is 4.26. The number of allylic oxidation sites excluding steroid dienone is 1. The van der Waals surface area contributed by atoms with Crippen molar-refractivity contribution < 1.29 is 9.59 Å². The molecule has 2 aliphatic rings. The van der Waals surface area contributed by atoms with Crippen LogP contribution in [0.25, 0.3) is 11.3 Å². The highest BCUT2D eigenvalue weighted by atomic mass is 16.2. The summed E-state index contributed by atoms with van der Waals surface area (Å²) in [5.41, 5.74) is 3.45. The number of hydrogen-bond acceptors (Lipinski definition) is 4. The molecule has 0 radical (unpaired) electrons. The second-order valence-corrected chi connectivity index (χ2v) is 8.15. The van der Waals surface area contributed by atoms with Gasteiger partial charge in [-0.15, -0.1) is 0 Å². The van der Waals surface area contributed by atoms with Crippen molar-refractivity contribution in [2.24, 2.45) is 5.92 Å². The maximum absolute atomic E-state index is 12.9. The van der Waals surface area contributed by atoms with Gasteiger partial charge < -0.3 is 10.2 Å². The van der Waals surface area contributed by atoms with E-state index in [0.717, 1.165) is 31.2 Å². The van der Waals surface area contributed by atoms with Gasteiger partial charge in [0.25, 0.3) is 5.91 Å². The number of aromatic amines is 1. The van der Waals surface area contributed by atoms with Crippen LogP contribution in [-0.2, 0) is 4.79 Å². The highest BCUT2D eigenvalue weighted by molar-refractivity contribution is 5.94. The third-order valence-corrected chi connectivity index (χ3v) is 5.98. The monoisotopic (exact) mass is 407 g/mol. The second-order valence-electron chi connectivity index (χ2n) is 8.15. The number of carbonyl (C=O) groups excluding carboxylic acids is 2. The first kappa shape index (κ1) is 20.3. The number of H-pyrrole nitrogens is 1. The molecule has 2 aromatic rings. The van der Waals surface area contributed by atoms with Gasteiger partial charge in [-0.1, -0.05) is 11.6 Å². The molecule has 1 fully saturated rings. The van der Waals surface area contributed by atoms with E-state index in [-0.39, 0.29) is 17.7 Å². The number of carbonyl (C=O) groups is 2. The zero-order valence-corrected chi connectivity index (χ0v) is 17.3. The Morgan fingerprint density at radius 1 is 1.27 bits per heavy atom. The van der Waals surface area contributed by atoms with E-state index < -0.39 is 0 Å². The molecule has 1 aliphatic carbocycles. The standard InChI is InChI=1S/C23H29N5O2/c29-22(25-12-10-17-6-2-1-3-7-17)19-9-5-13-28(16-19)23(30)21-14-20(26-27-21)18-8-4-11-24-15-18/h4,6,8,11,14-15,19H,1-3,5,7,9-10,12-13,16H2,(H,25,29)(H,26,27). The Labute approximate surface area is 177 Å². The van der Waals surface area contributed by atoms with Crippen molar-refractivity contribution in [1.82, 2.24) is 25.4 Å². The van der Waals surface area contributed by atoms with Crippen molar-refractivity contribution >= 4 is 11.8 Å². The lowest BCUT2D eigenvalue weighted by molar-refractivity contribution is -0.126. The molecule has 2 amide bonds. The van der Waals surface area contributed by atoms with E-state index >= 15 is 0 Å². The highest BCUT2D eigenvalue weighted by Crippen LogP contribution is 2.22. The van der Waals surface area contributed by atoms with Crippen LogP contribution >= 0.6 is 0 Å². The van der Waals surface area contributed by atoms with Gasteiger partial charge in [-0.3, -0.25) is 19.7 Å². The van der Waals surface area contributed by atoms with E-state index in [0.29, 0.717) is 31.0 Å². The number of piperidine rings is 1. The maximum atomic E-state index is 12.9. The molecule has 0 saturated carbocycles. The normalized spacial score (nSPS) is 19.3. The summed E-state index contributed by atoms with van der Waals surface area (Å²) in [6.07, 6.45) is 13.2. The van der Waals surface area contributed by atoms with Crippen LogP contribution in [0.3, 0.4) is 0 Å². The number of amides is 2. The summed E-state index contributed by atoms with van der Waals surface area (Å²) >= 11 is 0. The topological polar surface area (TPSA) is 91.0 Å². The molecule has 3 heterocycles. The van der Waals surface area contributed by atoms with Crippen molar-refractivity contribution in [3.63, 3.8) is 0 Å². The number of likely N-dealkylation sites (tertiary alicyclic amines) is 1. The fourth-order valence-electron chi connectivity index (χ4n) is 4.26. The Balaban J connectivity index is 1.31. The van der Waals surface area contributed by atoms with Crippen LogP contribution in [0.4, 0.5) is 0 Å². The smallest absolute Gasteiger partial charge is 0.271 e. The van der Waals surface area contributed by atoms with Crippen LogP contribution in [0.15, 0.2) is 42.2 Å². The first-order chi connectivity index (χ1) is 14.7. The predicted octanol–water partition coefficient (Wildman–Crippen LogP) is 3.33. The Morgan fingerprint density at radius 3 is 3.00 bits per heavy atom. The molecule has 0 bridgehead atoms. The van der Waals surface area contributed by atoms with Gasteiger partial charge in [0, 0.05) is 37.6 Å². The molecule has 7 heteroatoms. The minimum atomic E-state index is -0.149. The van der Waals surface area contributed by atoms with Gasteiger partial charge in [-0.05, 0) is 63.1 Å². The van der Waals surface area contributed by atoms with Gasteiger partial charge >= 0.3 is 0 Å². The first-order valence-corrected chi connectivity index (χ1v) is 10.9. The summed E-state index contributed by atoms with van der Waals surface area (Å²) < 4.78 is 0. The SMILES string of the molecule is O=C(NCCC1=CCCCC1)C1CCCN(C(=O)c2cc(-c3cccnc3)n[nH]2)C1. The van der Waals surface area contributed by atoms with Crippen molar-refractivity contribution in [2.45, 2.75) is 44.9 Å². The van der Waals surface area contributed by atoms with Gasteiger partial charge in [0.1, 0.15) is 5.69 Å². The van der Waals surface area contributed by atoms with E-state index in [1.54, 1.807) is 23.4 Å². The van der Waals surface area contributed by atoms with Gasteiger partial charge in [-0.2, -0.15) is 5.10 Å². The van der Waals surface area contributed by atoms with Crippen LogP contribution < -0.4 is 5.32 Å². The molecule has 4 rings (SSSR count). The lowest BCUT2D eigenvalue weighted by Crippen LogP contribution is -2.45. The molecule has 1 atom stereocenters. The largest absolute Gasteiger partial charge is 0.355 e. The molecule has 0 aromatic carbocycles. The van der Waals surface area contributed by atoms with E-state index in [9.17, 15) is 9.59 Å². The number of pyridine rings is 1. The third-order valence-electron chi connectivity index (χ3n) is 5.98. The number of nitrogens with one attached hydrogen (secondary N) is 2. The van der Waals surface area contributed by atoms with Gasteiger partial charge in [0.2, 0.25) is 5.91 Å². The Hall–Kier alpha value is -2.96. The average Bonchev–Trinajstić information content (AvgIpc) is 3.30. The second kappa shape index (κ2) is 9.69. The zero-order valence-electron chi connectivity index (χ0n) is 17.3. The summed E-state index contributed by atoms with van der Waals surface area (Å²) in [6, 6.07) is 5.49. The Kier molecular flexibility index (Phi) is 6.57. The van der Waals surface area contributed by atoms with Crippen LogP contribution in [0.1, 0.15) is 55.4 Å². The molecule has 1 aliphatic heterocycles. The Bertz CT molecular complexity index is 905. The molecular formula is C23H29N5O2. The zero-order chi connectivity index (χ0) is 20.8. The molecule has 7 nitrogen and oxygen atoms in total. The van der Waals surface area contributed by atoms with Crippen LogP contribution in [0.2, 0.25) is 0 Å². The number of aromatic nitrogens is 3. The van der Waals surface area contributed by atoms with E-state index in [1.165, 1.54) is 24.8 Å². The molecule has 158 valence electrons. The number of nitrogens with zero attached hydrogens (tertiary/aromatic N) is 3. The summed E-state index contributed by atoms with van der Waals surface area (Å²) in [4.78, 5) is 31.4. The lowest BCUT2D eigenvalue weighted by Gasteiger charge is -2.31. The molecule has 2 aromatic heterocycles. The van der Waals surface area contributed by atoms with Gasteiger partial charge in [-0.25, -0.2) is 0 Å². The van der Waals surface area contributed by atoms with Gasteiger partial charge in [0.05, 0.1) is 11.6 Å². The van der Waals surface area contributed by atoms with E-state index in [1.807, 2.05) is 12.1 Å². The van der Waals surface area contributed by atoms with Crippen molar-refractivity contribution in [3.05, 3.63) is 47.9 Å². The van der Waals surface area contributed by atoms with Crippen LogP contribution in [0, 0.1) is 5.92 Å². The third kappa shape index (κ3) is 4.96. The first-order valence-electron chi connectivity index (χ1n) is 10.9. The fraction of sp³-hybridized carbons (Fsp3) is 0.478. The quantitative estimate of drug-likeness (QED) is 0.719. The van der Waals surface area contributed by atoms with Crippen molar-refractivity contribution in [3.8, 4) is 11.3 Å². The van der Waals surface area contributed by atoms with E-state index in [2.05, 4.69) is 26.6 Å². The molecule has 2 N–H and O–H groups in total. The molecule has 1 saturated heterocycles. The molecule has 0 spiro atoms. The average molecular weight is 408 g/mol. The van der Waals surface area contributed by atoms with Crippen molar-refractivity contribution in [1.29, 1.82) is 0 Å². The van der Waals surface area contributed by atoms with E-state index in [4.69, 9.17) is 0 Å². The number of rotatable bonds is 6. The maximum Gasteiger partial charge on any atom is 0.271 e. The predicted molar refractivity (Wildman–Crippen MR) is 115 cm³/mol. The lowest BCUT2D eigenvalue weighted by atomic mass is 9.95.